The topological polar surface area (TPSA) is 66.6 Å². The van der Waals surface area contributed by atoms with Crippen molar-refractivity contribution in [3.63, 3.8) is 0 Å². The Balaban J connectivity index is 2.69. The number of hydrogen-bond donors (Lipinski definition) is 1. The first-order chi connectivity index (χ1) is 8.88. The quantitative estimate of drug-likeness (QED) is 0.816. The second-order valence-corrected chi connectivity index (χ2v) is 5.73. The van der Waals surface area contributed by atoms with Gasteiger partial charge in [-0.3, -0.25) is 9.59 Å². The van der Waals surface area contributed by atoms with Crippen LogP contribution >= 0.6 is 0 Å². The monoisotopic (exact) mass is 269 g/mol. The standard InChI is InChI=1S/C14H27N3O2/c1-5-17(9-12(18)16(3)4)14(19)11-8-6-7-10(2)13(11)15/h10-11,13H,5-9,15H2,1-4H3. The fraction of sp³-hybridized carbons (Fsp3) is 0.857. The third-order valence-corrected chi connectivity index (χ3v) is 4.13. The molecule has 2 N–H and O–H groups in total. The van der Waals surface area contributed by atoms with Gasteiger partial charge in [-0.25, -0.2) is 0 Å². The third kappa shape index (κ3) is 3.93. The van der Waals surface area contributed by atoms with Crippen molar-refractivity contribution in [2.75, 3.05) is 27.2 Å². The number of likely N-dealkylation sites (N-methyl/N-ethyl adjacent to an activating group) is 2. The molecule has 0 bridgehead atoms. The lowest BCUT2D eigenvalue weighted by molar-refractivity contribution is -0.143. The van der Waals surface area contributed by atoms with Crippen LogP contribution in [0.15, 0.2) is 0 Å². The predicted molar refractivity (Wildman–Crippen MR) is 75.4 cm³/mol. The maximum absolute atomic E-state index is 12.5. The van der Waals surface area contributed by atoms with E-state index >= 15 is 0 Å². The zero-order valence-corrected chi connectivity index (χ0v) is 12.6. The van der Waals surface area contributed by atoms with Crippen LogP contribution in [0, 0.1) is 11.8 Å². The van der Waals surface area contributed by atoms with Crippen molar-refractivity contribution in [1.29, 1.82) is 0 Å². The first-order valence-electron chi connectivity index (χ1n) is 7.13. The lowest BCUT2D eigenvalue weighted by Gasteiger charge is -2.36. The van der Waals surface area contributed by atoms with Crippen molar-refractivity contribution in [3.8, 4) is 0 Å². The molecule has 110 valence electrons. The molecule has 0 spiro atoms. The molecule has 0 aliphatic heterocycles. The van der Waals surface area contributed by atoms with Gasteiger partial charge in [0.25, 0.3) is 0 Å². The smallest absolute Gasteiger partial charge is 0.241 e. The van der Waals surface area contributed by atoms with Gasteiger partial charge >= 0.3 is 0 Å². The van der Waals surface area contributed by atoms with Crippen molar-refractivity contribution in [1.82, 2.24) is 9.80 Å². The first kappa shape index (κ1) is 16.0. The zero-order valence-electron chi connectivity index (χ0n) is 12.6. The number of carbonyl (C=O) groups excluding carboxylic acids is 2. The summed E-state index contributed by atoms with van der Waals surface area (Å²) in [4.78, 5) is 27.4. The van der Waals surface area contributed by atoms with Crippen LogP contribution in [0.5, 0.6) is 0 Å². The molecule has 5 nitrogen and oxygen atoms in total. The molecule has 3 atom stereocenters. The van der Waals surface area contributed by atoms with Crippen LogP contribution in [0.25, 0.3) is 0 Å². The van der Waals surface area contributed by atoms with Crippen LogP contribution in [0.2, 0.25) is 0 Å². The average molecular weight is 269 g/mol. The van der Waals surface area contributed by atoms with E-state index in [1.165, 1.54) is 4.90 Å². The van der Waals surface area contributed by atoms with E-state index < -0.39 is 0 Å². The summed E-state index contributed by atoms with van der Waals surface area (Å²) in [5, 5.41) is 0. The summed E-state index contributed by atoms with van der Waals surface area (Å²) < 4.78 is 0. The Bertz CT molecular complexity index is 331. The molecule has 1 aliphatic rings. The molecule has 3 unspecified atom stereocenters. The second-order valence-electron chi connectivity index (χ2n) is 5.73. The first-order valence-corrected chi connectivity index (χ1v) is 7.13. The Morgan fingerprint density at radius 1 is 1.26 bits per heavy atom. The van der Waals surface area contributed by atoms with Crippen LogP contribution in [0.4, 0.5) is 0 Å². The highest BCUT2D eigenvalue weighted by Gasteiger charge is 2.35. The Kier molecular flexibility index (Phi) is 5.79. The average Bonchev–Trinajstić information content (AvgIpc) is 2.38. The largest absolute Gasteiger partial charge is 0.347 e. The number of hydrogen-bond acceptors (Lipinski definition) is 3. The van der Waals surface area contributed by atoms with Crippen molar-refractivity contribution in [2.45, 2.75) is 39.2 Å². The molecule has 0 radical (unpaired) electrons. The minimum Gasteiger partial charge on any atom is -0.347 e. The van der Waals surface area contributed by atoms with Crippen LogP contribution in [-0.2, 0) is 9.59 Å². The van der Waals surface area contributed by atoms with E-state index in [-0.39, 0.29) is 30.3 Å². The van der Waals surface area contributed by atoms with Crippen LogP contribution in [0.3, 0.4) is 0 Å². The predicted octanol–water partition coefficient (Wildman–Crippen LogP) is 0.687. The Morgan fingerprint density at radius 3 is 2.42 bits per heavy atom. The maximum Gasteiger partial charge on any atom is 0.241 e. The molecule has 0 heterocycles. The fourth-order valence-corrected chi connectivity index (χ4v) is 2.61. The van der Waals surface area contributed by atoms with E-state index in [0.717, 1.165) is 19.3 Å². The van der Waals surface area contributed by atoms with E-state index in [2.05, 4.69) is 6.92 Å². The van der Waals surface area contributed by atoms with Gasteiger partial charge in [0.1, 0.15) is 0 Å². The second kappa shape index (κ2) is 6.89. The van der Waals surface area contributed by atoms with Crippen LogP contribution in [0.1, 0.15) is 33.1 Å². The van der Waals surface area contributed by atoms with Crippen molar-refractivity contribution in [2.24, 2.45) is 17.6 Å². The fourth-order valence-electron chi connectivity index (χ4n) is 2.61. The van der Waals surface area contributed by atoms with E-state index in [1.54, 1.807) is 19.0 Å². The minimum atomic E-state index is -0.126. The summed E-state index contributed by atoms with van der Waals surface area (Å²) in [6.45, 7) is 4.71. The molecule has 5 heteroatoms. The number of nitrogens with zero attached hydrogens (tertiary/aromatic N) is 2. The molecule has 1 fully saturated rings. The molecular formula is C14H27N3O2. The highest BCUT2D eigenvalue weighted by Crippen LogP contribution is 2.29. The summed E-state index contributed by atoms with van der Waals surface area (Å²) in [6, 6.07) is -0.0789. The lowest BCUT2D eigenvalue weighted by atomic mass is 9.77. The summed E-state index contributed by atoms with van der Waals surface area (Å²) in [5.41, 5.74) is 6.16. The molecular weight excluding hydrogens is 242 g/mol. The SMILES string of the molecule is CCN(CC(=O)N(C)C)C(=O)C1CCCC(C)C1N. The van der Waals surface area contributed by atoms with Crippen LogP contribution in [-0.4, -0.2) is 54.8 Å². The Labute approximate surface area is 116 Å². The number of carbonyl (C=O) groups is 2. The molecule has 2 amide bonds. The summed E-state index contributed by atoms with van der Waals surface area (Å²) in [7, 11) is 3.41. The van der Waals surface area contributed by atoms with Gasteiger partial charge in [-0.1, -0.05) is 13.3 Å². The molecule has 1 aliphatic carbocycles. The van der Waals surface area contributed by atoms with Crippen LogP contribution < -0.4 is 5.73 Å². The molecule has 0 aromatic carbocycles. The van der Waals surface area contributed by atoms with E-state index in [1.807, 2.05) is 6.92 Å². The lowest BCUT2D eigenvalue weighted by Crippen LogP contribution is -2.50. The van der Waals surface area contributed by atoms with E-state index in [4.69, 9.17) is 5.73 Å². The van der Waals surface area contributed by atoms with Gasteiger partial charge in [0.2, 0.25) is 11.8 Å². The summed E-state index contributed by atoms with van der Waals surface area (Å²) in [5.74, 6) is 0.244. The van der Waals surface area contributed by atoms with Gasteiger partial charge in [0.15, 0.2) is 0 Å². The van der Waals surface area contributed by atoms with Crippen molar-refractivity contribution < 1.29 is 9.59 Å². The zero-order chi connectivity index (χ0) is 14.6. The van der Waals surface area contributed by atoms with Gasteiger partial charge in [0, 0.05) is 26.7 Å². The number of amides is 2. The Morgan fingerprint density at radius 2 is 1.89 bits per heavy atom. The van der Waals surface area contributed by atoms with Crippen molar-refractivity contribution in [3.05, 3.63) is 0 Å². The summed E-state index contributed by atoms with van der Waals surface area (Å²) >= 11 is 0. The molecule has 1 rings (SSSR count). The van der Waals surface area contributed by atoms with Gasteiger partial charge in [0.05, 0.1) is 12.5 Å². The van der Waals surface area contributed by atoms with Crippen molar-refractivity contribution >= 4 is 11.8 Å². The Hall–Kier alpha value is -1.10. The van der Waals surface area contributed by atoms with Gasteiger partial charge in [-0.05, 0) is 25.7 Å². The summed E-state index contributed by atoms with van der Waals surface area (Å²) in [6.07, 6.45) is 2.98. The molecule has 0 saturated heterocycles. The molecule has 1 saturated carbocycles. The van der Waals surface area contributed by atoms with E-state index in [0.29, 0.717) is 12.5 Å². The minimum absolute atomic E-state index is 0.0387. The number of rotatable bonds is 4. The highest BCUT2D eigenvalue weighted by molar-refractivity contribution is 5.86. The van der Waals surface area contributed by atoms with Gasteiger partial charge in [-0.2, -0.15) is 0 Å². The molecule has 19 heavy (non-hydrogen) atoms. The number of nitrogens with two attached hydrogens (primary N) is 1. The maximum atomic E-state index is 12.5. The molecule has 0 aromatic heterocycles. The molecule has 0 aromatic rings. The van der Waals surface area contributed by atoms with E-state index in [9.17, 15) is 9.59 Å². The highest BCUT2D eigenvalue weighted by atomic mass is 16.2. The third-order valence-electron chi connectivity index (χ3n) is 4.13. The van der Waals surface area contributed by atoms with Gasteiger partial charge < -0.3 is 15.5 Å². The van der Waals surface area contributed by atoms with Gasteiger partial charge in [-0.15, -0.1) is 0 Å². The normalized spacial score (nSPS) is 26.9.